The number of carbonyl (C=O) groups is 2. The predicted molar refractivity (Wildman–Crippen MR) is 123 cm³/mol. The molecule has 0 amide bonds. The number of carbonyl (C=O) groups excluding carboxylic acids is 2. The molecule has 4 heteroatoms. The zero-order chi connectivity index (χ0) is 23.1. The van der Waals surface area contributed by atoms with Gasteiger partial charge in [-0.3, -0.25) is 9.59 Å². The maximum absolute atomic E-state index is 13.5. The lowest BCUT2D eigenvalue weighted by Crippen LogP contribution is -2.39. The second-order valence-corrected chi connectivity index (χ2v) is 9.73. The van der Waals surface area contributed by atoms with Crippen molar-refractivity contribution in [2.24, 2.45) is 17.3 Å². The van der Waals surface area contributed by atoms with Gasteiger partial charge < -0.3 is 10.2 Å². The van der Waals surface area contributed by atoms with Crippen molar-refractivity contribution in [3.63, 3.8) is 0 Å². The van der Waals surface area contributed by atoms with E-state index < -0.39 is 17.0 Å². The molecular weight excluding hydrogens is 376 g/mol. The third-order valence-electron chi connectivity index (χ3n) is 5.69. The molecule has 168 valence electrons. The molecule has 0 aliphatic heterocycles. The second kappa shape index (κ2) is 11.3. The van der Waals surface area contributed by atoms with E-state index in [9.17, 15) is 19.8 Å². The van der Waals surface area contributed by atoms with E-state index in [-0.39, 0.29) is 42.3 Å². The highest BCUT2D eigenvalue weighted by Crippen LogP contribution is 2.43. The summed E-state index contributed by atoms with van der Waals surface area (Å²) in [5.41, 5.74) is 0.648. The van der Waals surface area contributed by atoms with Gasteiger partial charge in [-0.2, -0.15) is 0 Å². The molecule has 30 heavy (non-hydrogen) atoms. The van der Waals surface area contributed by atoms with Crippen molar-refractivity contribution in [2.45, 2.75) is 87.0 Å². The zero-order valence-corrected chi connectivity index (χ0v) is 19.8. The lowest BCUT2D eigenvalue weighted by Gasteiger charge is -2.34. The molecule has 4 nitrogen and oxygen atoms in total. The van der Waals surface area contributed by atoms with Crippen molar-refractivity contribution < 1.29 is 19.8 Å². The van der Waals surface area contributed by atoms with Gasteiger partial charge >= 0.3 is 0 Å². The Hall–Kier alpha value is -2.10. The van der Waals surface area contributed by atoms with E-state index >= 15 is 0 Å². The van der Waals surface area contributed by atoms with Gasteiger partial charge in [0.05, 0.1) is 5.41 Å². The van der Waals surface area contributed by atoms with Crippen LogP contribution in [0.2, 0.25) is 0 Å². The van der Waals surface area contributed by atoms with Crippen LogP contribution in [0.25, 0.3) is 0 Å². The number of rotatable bonds is 11. The first-order valence-corrected chi connectivity index (χ1v) is 11.1. The van der Waals surface area contributed by atoms with Crippen LogP contribution in [0.4, 0.5) is 0 Å². The maximum Gasteiger partial charge on any atom is 0.184 e. The van der Waals surface area contributed by atoms with Crippen LogP contribution in [0.1, 0.15) is 87.0 Å². The number of aliphatic hydroxyl groups excluding tert-OH is 2. The number of aliphatic hydroxyl groups is 2. The summed E-state index contributed by atoms with van der Waals surface area (Å²) >= 11 is 0. The average molecular weight is 417 g/mol. The Bertz CT molecular complexity index is 734. The fourth-order valence-electron chi connectivity index (χ4n) is 3.71. The quantitative estimate of drug-likeness (QED) is 0.282. The van der Waals surface area contributed by atoms with Crippen LogP contribution in [0.15, 0.2) is 46.5 Å². The summed E-state index contributed by atoms with van der Waals surface area (Å²) in [6.07, 6.45) is 8.85. The van der Waals surface area contributed by atoms with Gasteiger partial charge in [-0.05, 0) is 52.4 Å². The first-order chi connectivity index (χ1) is 13.9. The highest BCUT2D eigenvalue weighted by Gasteiger charge is 2.47. The summed E-state index contributed by atoms with van der Waals surface area (Å²) in [5, 5.41) is 21.1. The molecule has 0 saturated carbocycles. The minimum atomic E-state index is -1.24. The van der Waals surface area contributed by atoms with Crippen molar-refractivity contribution in [1.82, 2.24) is 0 Å². The standard InChI is InChI=1S/C26H40O4/c1-17(2)9-8-10-20(7)15-21(27)24-22(28)16-23(29)26(25(24)30,13-11-18(3)4)14-12-19(5)6/h11-12,16-17,20,28-29H,8-10,13-15H2,1-7H3. The zero-order valence-electron chi connectivity index (χ0n) is 19.8. The molecule has 1 atom stereocenters. The molecule has 0 aromatic heterocycles. The minimum absolute atomic E-state index is 0.133. The molecule has 0 aromatic rings. The van der Waals surface area contributed by atoms with Crippen LogP contribution in [0.5, 0.6) is 0 Å². The number of Topliss-reactive ketones (excluding diaryl/α,β-unsaturated/α-hetero) is 2. The van der Waals surface area contributed by atoms with Gasteiger partial charge in [0.1, 0.15) is 17.1 Å². The van der Waals surface area contributed by atoms with Gasteiger partial charge in [0.2, 0.25) is 0 Å². The summed E-state index contributed by atoms with van der Waals surface area (Å²) in [5.74, 6) is -0.651. The summed E-state index contributed by atoms with van der Waals surface area (Å²) in [6.45, 7) is 14.1. The Morgan fingerprint density at radius 2 is 1.53 bits per heavy atom. The molecule has 0 bridgehead atoms. The molecule has 0 radical (unpaired) electrons. The van der Waals surface area contributed by atoms with Crippen molar-refractivity contribution in [3.05, 3.63) is 46.5 Å². The highest BCUT2D eigenvalue weighted by atomic mass is 16.3. The van der Waals surface area contributed by atoms with Crippen molar-refractivity contribution >= 4 is 11.6 Å². The van der Waals surface area contributed by atoms with E-state index in [0.717, 1.165) is 30.4 Å². The van der Waals surface area contributed by atoms with Crippen LogP contribution in [-0.4, -0.2) is 21.8 Å². The first kappa shape index (κ1) is 25.9. The number of ketones is 2. The monoisotopic (exact) mass is 416 g/mol. The molecule has 0 heterocycles. The SMILES string of the molecule is CC(C)=CCC1(CC=C(C)C)C(=O)C(C(=O)CC(C)CCCC(C)C)=C(O)C=C1O. The first-order valence-electron chi connectivity index (χ1n) is 11.1. The molecule has 0 fully saturated rings. The van der Waals surface area contributed by atoms with Crippen molar-refractivity contribution in [3.8, 4) is 0 Å². The lowest BCUT2D eigenvalue weighted by atomic mass is 9.68. The van der Waals surface area contributed by atoms with Crippen LogP contribution in [0, 0.1) is 17.3 Å². The molecular formula is C26H40O4. The minimum Gasteiger partial charge on any atom is -0.511 e. The number of allylic oxidation sites excluding steroid dienone is 7. The van der Waals surface area contributed by atoms with Crippen LogP contribution in [-0.2, 0) is 9.59 Å². The summed E-state index contributed by atoms with van der Waals surface area (Å²) in [7, 11) is 0. The van der Waals surface area contributed by atoms with E-state index in [1.54, 1.807) is 0 Å². The van der Waals surface area contributed by atoms with Crippen molar-refractivity contribution in [1.29, 1.82) is 0 Å². The molecule has 1 rings (SSSR count). The van der Waals surface area contributed by atoms with Gasteiger partial charge in [-0.15, -0.1) is 0 Å². The Balaban J connectivity index is 3.18. The molecule has 1 unspecified atom stereocenters. The topological polar surface area (TPSA) is 74.6 Å². The Morgan fingerprint density at radius 3 is 2.00 bits per heavy atom. The van der Waals surface area contributed by atoms with E-state index in [1.807, 2.05) is 46.8 Å². The fourth-order valence-corrected chi connectivity index (χ4v) is 3.71. The molecule has 1 aliphatic carbocycles. The van der Waals surface area contributed by atoms with Gasteiger partial charge in [0.25, 0.3) is 0 Å². The normalized spacial score (nSPS) is 16.9. The van der Waals surface area contributed by atoms with Gasteiger partial charge in [0.15, 0.2) is 11.6 Å². The maximum atomic E-state index is 13.5. The predicted octanol–water partition coefficient (Wildman–Crippen LogP) is 6.94. The average Bonchev–Trinajstić information content (AvgIpc) is 2.60. The third kappa shape index (κ3) is 7.00. The van der Waals surface area contributed by atoms with Crippen LogP contribution >= 0.6 is 0 Å². The Morgan fingerprint density at radius 1 is 1.00 bits per heavy atom. The summed E-state index contributed by atoms with van der Waals surface area (Å²) in [6, 6.07) is 0. The third-order valence-corrected chi connectivity index (χ3v) is 5.69. The van der Waals surface area contributed by atoms with E-state index in [2.05, 4.69) is 13.8 Å². The molecule has 0 aromatic carbocycles. The summed E-state index contributed by atoms with van der Waals surface area (Å²) < 4.78 is 0. The number of hydrogen-bond donors (Lipinski definition) is 2. The smallest absolute Gasteiger partial charge is 0.184 e. The van der Waals surface area contributed by atoms with Gasteiger partial charge in [0, 0.05) is 12.5 Å². The highest BCUT2D eigenvalue weighted by molar-refractivity contribution is 6.24. The van der Waals surface area contributed by atoms with Gasteiger partial charge in [-0.1, -0.05) is 63.3 Å². The fraction of sp³-hybridized carbons (Fsp3) is 0.615. The largest absolute Gasteiger partial charge is 0.511 e. The Labute approximate surface area is 182 Å². The van der Waals surface area contributed by atoms with Gasteiger partial charge in [-0.25, -0.2) is 0 Å². The van der Waals surface area contributed by atoms with E-state index in [1.165, 1.54) is 6.08 Å². The molecule has 2 N–H and O–H groups in total. The van der Waals surface area contributed by atoms with Crippen molar-refractivity contribution in [2.75, 3.05) is 0 Å². The molecule has 0 saturated heterocycles. The van der Waals surface area contributed by atoms with E-state index in [4.69, 9.17) is 0 Å². The van der Waals surface area contributed by atoms with Crippen LogP contribution in [0.3, 0.4) is 0 Å². The Kier molecular flexibility index (Phi) is 9.80. The molecule has 1 aliphatic rings. The lowest BCUT2D eigenvalue weighted by molar-refractivity contribution is -0.128. The van der Waals surface area contributed by atoms with Crippen LogP contribution < -0.4 is 0 Å². The second-order valence-electron chi connectivity index (χ2n) is 9.73. The summed E-state index contributed by atoms with van der Waals surface area (Å²) in [4.78, 5) is 26.5. The number of hydrogen-bond acceptors (Lipinski definition) is 4. The van der Waals surface area contributed by atoms with E-state index in [0.29, 0.717) is 5.92 Å². The molecule has 0 spiro atoms.